The Morgan fingerprint density at radius 1 is 1.25 bits per heavy atom. The monoisotopic (exact) mass is 223 g/mol. The average Bonchev–Trinajstić information content (AvgIpc) is 2.32. The van der Waals surface area contributed by atoms with Gasteiger partial charge in [-0.3, -0.25) is 4.79 Å². The number of hydrogen-bond acceptors (Lipinski definition) is 2. The smallest absolute Gasteiger partial charge is 0.150 e. The third-order valence-electron chi connectivity index (χ3n) is 1.76. The van der Waals surface area contributed by atoms with Crippen molar-refractivity contribution in [3.8, 4) is 0 Å². The number of aldehydes is 1. The summed E-state index contributed by atoms with van der Waals surface area (Å²) in [7, 11) is 1.95. The molecule has 0 aliphatic heterocycles. The maximum Gasteiger partial charge on any atom is 0.150 e. The van der Waals surface area contributed by atoms with E-state index in [0.29, 0.717) is 6.04 Å². The molecule has 92 valence electrons. The number of aryl methyl sites for hydroxylation is 1. The quantitative estimate of drug-likeness (QED) is 0.778. The number of carbonyl (C=O) groups excluding carboxylic acids is 1. The summed E-state index contributed by atoms with van der Waals surface area (Å²) in [5.41, 5.74) is 1.87. The molecule has 0 saturated carbocycles. The van der Waals surface area contributed by atoms with Gasteiger partial charge in [-0.05, 0) is 20.0 Å². The molecule has 2 nitrogen and oxygen atoms in total. The fourth-order valence-electron chi connectivity index (χ4n) is 0.743. The van der Waals surface area contributed by atoms with Crippen molar-refractivity contribution in [2.75, 3.05) is 7.05 Å². The predicted octanol–water partition coefficient (Wildman–Crippen LogP) is 3.45. The first-order valence-electron chi connectivity index (χ1n) is 5.79. The topological polar surface area (TPSA) is 29.1 Å². The summed E-state index contributed by atoms with van der Waals surface area (Å²) in [5, 5.41) is 3.03. The third kappa shape index (κ3) is 10.9. The molecule has 2 heteroatoms. The number of benzene rings is 1. The summed E-state index contributed by atoms with van der Waals surface area (Å²) in [6.45, 7) is 10.2. The van der Waals surface area contributed by atoms with Crippen LogP contribution in [-0.4, -0.2) is 19.4 Å². The summed E-state index contributed by atoms with van der Waals surface area (Å²) in [6.07, 6.45) is 0.854. The highest BCUT2D eigenvalue weighted by atomic mass is 16.1. The molecule has 0 saturated heterocycles. The highest BCUT2D eigenvalue weighted by molar-refractivity contribution is 5.74. The molecule has 1 rings (SSSR count). The third-order valence-corrected chi connectivity index (χ3v) is 1.76. The van der Waals surface area contributed by atoms with Gasteiger partial charge in [-0.15, -0.1) is 0 Å². The van der Waals surface area contributed by atoms with Crippen molar-refractivity contribution in [3.63, 3.8) is 0 Å². The van der Waals surface area contributed by atoms with Gasteiger partial charge in [0.2, 0.25) is 0 Å². The van der Waals surface area contributed by atoms with E-state index >= 15 is 0 Å². The van der Waals surface area contributed by atoms with Crippen LogP contribution in [0.2, 0.25) is 0 Å². The van der Waals surface area contributed by atoms with Gasteiger partial charge in [-0.25, -0.2) is 0 Å². The van der Waals surface area contributed by atoms with Crippen LogP contribution in [0.5, 0.6) is 0 Å². The first kappa shape index (κ1) is 17.3. The molecule has 16 heavy (non-hydrogen) atoms. The Balaban J connectivity index is 0. The molecule has 1 aromatic rings. The Hall–Kier alpha value is -1.15. The minimum absolute atomic E-state index is 0.634. The highest BCUT2D eigenvalue weighted by Crippen LogP contribution is 1.99. The second-order valence-electron chi connectivity index (χ2n) is 3.48. The lowest BCUT2D eigenvalue weighted by Crippen LogP contribution is -2.15. The molecule has 0 atom stereocenters. The van der Waals surface area contributed by atoms with E-state index in [9.17, 15) is 4.79 Å². The van der Waals surface area contributed by atoms with E-state index in [0.717, 1.165) is 17.4 Å². The first-order valence-corrected chi connectivity index (χ1v) is 5.79. The van der Waals surface area contributed by atoms with Gasteiger partial charge in [0, 0.05) is 11.6 Å². The summed E-state index contributed by atoms with van der Waals surface area (Å²) in [5.74, 6) is 0. The highest BCUT2D eigenvalue weighted by Gasteiger charge is 1.86. The molecule has 1 aromatic carbocycles. The standard InChI is InChI=1S/C8H8O.C4H11N.C2H6/c1-7-3-2-4-8(5-7)6-9;1-4(2)5-3;1-2/h2-6H,1H3;4-5H,1-3H3;1-2H3. The van der Waals surface area contributed by atoms with Crippen LogP contribution in [-0.2, 0) is 0 Å². The molecule has 0 heterocycles. The zero-order valence-corrected chi connectivity index (χ0v) is 11.4. The van der Waals surface area contributed by atoms with E-state index < -0.39 is 0 Å². The lowest BCUT2D eigenvalue weighted by atomic mass is 10.2. The van der Waals surface area contributed by atoms with Gasteiger partial charge in [0.25, 0.3) is 0 Å². The number of carbonyl (C=O) groups is 1. The SMILES string of the molecule is CC.CNC(C)C.Cc1cccc(C=O)c1. The van der Waals surface area contributed by atoms with Crippen LogP contribution in [0.25, 0.3) is 0 Å². The van der Waals surface area contributed by atoms with Gasteiger partial charge < -0.3 is 5.32 Å². The second-order valence-corrected chi connectivity index (χ2v) is 3.48. The molecule has 1 N–H and O–H groups in total. The fourth-order valence-corrected chi connectivity index (χ4v) is 0.743. The summed E-state index contributed by atoms with van der Waals surface area (Å²) in [4.78, 5) is 10.2. The van der Waals surface area contributed by atoms with Gasteiger partial charge in [0.05, 0.1) is 0 Å². The molecule has 0 aliphatic rings. The van der Waals surface area contributed by atoms with Crippen molar-refractivity contribution in [2.45, 2.75) is 40.7 Å². The molecule has 0 aromatic heterocycles. The lowest BCUT2D eigenvalue weighted by molar-refractivity contribution is 0.112. The average molecular weight is 223 g/mol. The second kappa shape index (κ2) is 11.9. The fraction of sp³-hybridized carbons (Fsp3) is 0.500. The van der Waals surface area contributed by atoms with E-state index in [2.05, 4.69) is 19.2 Å². The van der Waals surface area contributed by atoms with Crippen molar-refractivity contribution in [2.24, 2.45) is 0 Å². The molecule has 0 unspecified atom stereocenters. The van der Waals surface area contributed by atoms with Crippen LogP contribution in [0.15, 0.2) is 24.3 Å². The van der Waals surface area contributed by atoms with Crippen molar-refractivity contribution in [1.82, 2.24) is 5.32 Å². The first-order chi connectivity index (χ1) is 7.60. The Morgan fingerprint density at radius 3 is 2.00 bits per heavy atom. The Kier molecular flexibility index (Phi) is 12.9. The molecule has 0 radical (unpaired) electrons. The van der Waals surface area contributed by atoms with Gasteiger partial charge >= 0.3 is 0 Å². The van der Waals surface area contributed by atoms with Crippen LogP contribution in [0.1, 0.15) is 43.6 Å². The zero-order valence-electron chi connectivity index (χ0n) is 11.4. The summed E-state index contributed by atoms with van der Waals surface area (Å²) in [6, 6.07) is 8.12. The summed E-state index contributed by atoms with van der Waals surface area (Å²) >= 11 is 0. The maximum atomic E-state index is 10.2. The van der Waals surface area contributed by atoms with Crippen LogP contribution < -0.4 is 5.32 Å². The Bertz CT molecular complexity index is 269. The largest absolute Gasteiger partial charge is 0.318 e. The molecule has 0 aliphatic carbocycles. The Morgan fingerprint density at radius 2 is 1.75 bits per heavy atom. The van der Waals surface area contributed by atoms with E-state index in [1.807, 2.05) is 46.0 Å². The van der Waals surface area contributed by atoms with Crippen LogP contribution >= 0.6 is 0 Å². The maximum absolute atomic E-state index is 10.2. The molecule has 0 amide bonds. The van der Waals surface area contributed by atoms with Gasteiger partial charge in [0.15, 0.2) is 0 Å². The molecular formula is C14H25NO. The van der Waals surface area contributed by atoms with E-state index in [-0.39, 0.29) is 0 Å². The van der Waals surface area contributed by atoms with Crippen LogP contribution in [0.4, 0.5) is 0 Å². The minimum atomic E-state index is 0.634. The van der Waals surface area contributed by atoms with Crippen molar-refractivity contribution in [3.05, 3.63) is 35.4 Å². The summed E-state index contributed by atoms with van der Waals surface area (Å²) < 4.78 is 0. The predicted molar refractivity (Wildman–Crippen MR) is 72.1 cm³/mol. The van der Waals surface area contributed by atoms with Crippen molar-refractivity contribution < 1.29 is 4.79 Å². The minimum Gasteiger partial charge on any atom is -0.318 e. The molecular weight excluding hydrogens is 198 g/mol. The molecule has 0 bridgehead atoms. The zero-order chi connectivity index (χ0) is 13.0. The van der Waals surface area contributed by atoms with E-state index in [1.54, 1.807) is 6.07 Å². The number of nitrogens with one attached hydrogen (secondary N) is 1. The van der Waals surface area contributed by atoms with E-state index in [1.165, 1.54) is 0 Å². The normalized spacial score (nSPS) is 8.44. The van der Waals surface area contributed by atoms with Crippen LogP contribution in [0.3, 0.4) is 0 Å². The van der Waals surface area contributed by atoms with Gasteiger partial charge in [-0.2, -0.15) is 0 Å². The van der Waals surface area contributed by atoms with Crippen LogP contribution in [0, 0.1) is 6.92 Å². The van der Waals surface area contributed by atoms with Gasteiger partial charge in [-0.1, -0.05) is 51.5 Å². The lowest BCUT2D eigenvalue weighted by Gasteiger charge is -1.95. The van der Waals surface area contributed by atoms with Crippen molar-refractivity contribution in [1.29, 1.82) is 0 Å². The number of rotatable bonds is 2. The van der Waals surface area contributed by atoms with Crippen molar-refractivity contribution >= 4 is 6.29 Å². The number of hydrogen-bond donors (Lipinski definition) is 1. The Labute approximate surface area is 100 Å². The molecule has 0 spiro atoms. The molecule has 0 fully saturated rings. The van der Waals surface area contributed by atoms with E-state index in [4.69, 9.17) is 0 Å². The van der Waals surface area contributed by atoms with Gasteiger partial charge in [0.1, 0.15) is 6.29 Å².